The molecule has 0 radical (unpaired) electrons. The molecule has 0 fully saturated rings. The van der Waals surface area contributed by atoms with Crippen molar-refractivity contribution in [3.63, 3.8) is 0 Å². The number of halogens is 1. The molecule has 2 aromatic rings. The Morgan fingerprint density at radius 3 is 2.68 bits per heavy atom. The maximum Gasteiger partial charge on any atom is 0.152 e. The van der Waals surface area contributed by atoms with Gasteiger partial charge in [0.25, 0.3) is 0 Å². The largest absolute Gasteiger partial charge is 0.326 e. The van der Waals surface area contributed by atoms with E-state index in [0.29, 0.717) is 11.6 Å². The maximum atomic E-state index is 8.92. The van der Waals surface area contributed by atoms with E-state index in [1.165, 1.54) is 0 Å². The fraction of sp³-hybridized carbons (Fsp3) is 0.333. The number of hydrogen-bond donors (Lipinski definition) is 0. The van der Waals surface area contributed by atoms with Crippen molar-refractivity contribution in [2.45, 2.75) is 32.7 Å². The highest BCUT2D eigenvalue weighted by molar-refractivity contribution is 6.30. The van der Waals surface area contributed by atoms with Gasteiger partial charge in [-0.1, -0.05) is 55.3 Å². The van der Waals surface area contributed by atoms with Crippen LogP contribution in [0.2, 0.25) is 5.15 Å². The van der Waals surface area contributed by atoms with E-state index in [-0.39, 0.29) is 0 Å². The fourth-order valence-corrected chi connectivity index (χ4v) is 2.31. The van der Waals surface area contributed by atoms with Crippen LogP contribution in [0.4, 0.5) is 0 Å². The molecule has 3 nitrogen and oxygen atoms in total. The number of imidazole rings is 1. The first kappa shape index (κ1) is 13.6. The lowest BCUT2D eigenvalue weighted by Gasteiger charge is -2.10. The molecule has 0 atom stereocenters. The molecule has 0 aliphatic rings. The lowest BCUT2D eigenvalue weighted by molar-refractivity contribution is 0.620. The summed E-state index contributed by atoms with van der Waals surface area (Å²) in [7, 11) is 0. The van der Waals surface area contributed by atoms with E-state index < -0.39 is 0 Å². The van der Waals surface area contributed by atoms with Crippen molar-refractivity contribution in [1.29, 1.82) is 5.26 Å². The molecule has 1 aromatic carbocycles. The minimum Gasteiger partial charge on any atom is -0.326 e. The predicted molar refractivity (Wildman–Crippen MR) is 76.9 cm³/mol. The highest BCUT2D eigenvalue weighted by atomic mass is 35.5. The summed E-state index contributed by atoms with van der Waals surface area (Å²) in [5.74, 6) is 0.851. The second kappa shape index (κ2) is 6.40. The highest BCUT2D eigenvalue weighted by Crippen LogP contribution is 2.26. The van der Waals surface area contributed by atoms with Crippen LogP contribution in [0.3, 0.4) is 0 Å². The number of unbranched alkanes of at least 4 members (excludes halogenated alkanes) is 1. The molecule has 1 aromatic heterocycles. The van der Waals surface area contributed by atoms with Crippen LogP contribution in [0.25, 0.3) is 11.4 Å². The Bertz CT molecular complexity index is 581. The Labute approximate surface area is 118 Å². The molecule has 2 rings (SSSR count). The topological polar surface area (TPSA) is 41.6 Å². The molecule has 0 aliphatic carbocycles. The number of hydrogen-bond acceptors (Lipinski definition) is 2. The van der Waals surface area contributed by atoms with Gasteiger partial charge in [0, 0.05) is 12.1 Å². The second-order valence-corrected chi connectivity index (χ2v) is 4.74. The third-order valence-electron chi connectivity index (χ3n) is 3.04. The molecule has 0 saturated heterocycles. The van der Waals surface area contributed by atoms with Gasteiger partial charge in [0.2, 0.25) is 0 Å². The van der Waals surface area contributed by atoms with Crippen molar-refractivity contribution in [2.75, 3.05) is 0 Å². The SMILES string of the molecule is CCCCn1c(-c2ccccc2)nc(Cl)c1CC#N. The van der Waals surface area contributed by atoms with E-state index in [9.17, 15) is 0 Å². The Morgan fingerprint density at radius 2 is 2.05 bits per heavy atom. The van der Waals surface area contributed by atoms with Crippen molar-refractivity contribution < 1.29 is 0 Å². The molecule has 0 amide bonds. The van der Waals surface area contributed by atoms with E-state index in [4.69, 9.17) is 16.9 Å². The van der Waals surface area contributed by atoms with Gasteiger partial charge >= 0.3 is 0 Å². The first-order valence-electron chi connectivity index (χ1n) is 6.45. The van der Waals surface area contributed by atoms with Crippen LogP contribution in [0, 0.1) is 11.3 Å². The predicted octanol–water partition coefficient (Wildman–Crippen LogP) is 4.07. The fourth-order valence-electron chi connectivity index (χ4n) is 2.07. The van der Waals surface area contributed by atoms with Gasteiger partial charge in [0.1, 0.15) is 5.82 Å². The summed E-state index contributed by atoms with van der Waals surface area (Å²) in [4.78, 5) is 4.43. The van der Waals surface area contributed by atoms with Gasteiger partial charge in [-0.05, 0) is 6.42 Å². The first-order chi connectivity index (χ1) is 9.27. The van der Waals surface area contributed by atoms with Crippen molar-refractivity contribution in [1.82, 2.24) is 9.55 Å². The molecule has 0 N–H and O–H groups in total. The van der Waals surface area contributed by atoms with Crippen molar-refractivity contribution in [3.8, 4) is 17.5 Å². The maximum absolute atomic E-state index is 8.92. The normalized spacial score (nSPS) is 10.4. The number of aromatic nitrogens is 2. The Kier molecular flexibility index (Phi) is 4.59. The molecule has 19 heavy (non-hydrogen) atoms. The van der Waals surface area contributed by atoms with Gasteiger partial charge in [-0.15, -0.1) is 0 Å². The third-order valence-corrected chi connectivity index (χ3v) is 3.34. The van der Waals surface area contributed by atoms with Crippen LogP contribution in [-0.2, 0) is 13.0 Å². The zero-order valence-electron chi connectivity index (χ0n) is 10.9. The summed E-state index contributed by atoms with van der Waals surface area (Å²) in [6.45, 7) is 2.99. The summed E-state index contributed by atoms with van der Waals surface area (Å²) in [5, 5.41) is 9.37. The van der Waals surface area contributed by atoms with Gasteiger partial charge < -0.3 is 4.57 Å². The van der Waals surface area contributed by atoms with Gasteiger partial charge in [-0.25, -0.2) is 4.98 Å². The lowest BCUT2D eigenvalue weighted by Crippen LogP contribution is -2.05. The van der Waals surface area contributed by atoms with E-state index in [2.05, 4.69) is 22.5 Å². The summed E-state index contributed by atoms with van der Waals surface area (Å²) in [6.07, 6.45) is 2.43. The van der Waals surface area contributed by atoms with Crippen molar-refractivity contribution in [3.05, 3.63) is 41.2 Å². The Morgan fingerprint density at radius 1 is 1.32 bits per heavy atom. The molecular weight excluding hydrogens is 258 g/mol. The molecule has 0 spiro atoms. The molecule has 0 bridgehead atoms. The van der Waals surface area contributed by atoms with E-state index >= 15 is 0 Å². The summed E-state index contributed by atoms with van der Waals surface area (Å²) >= 11 is 6.17. The van der Waals surface area contributed by atoms with Gasteiger partial charge in [-0.3, -0.25) is 0 Å². The number of rotatable bonds is 5. The smallest absolute Gasteiger partial charge is 0.152 e. The molecule has 1 heterocycles. The quantitative estimate of drug-likeness (QED) is 0.824. The monoisotopic (exact) mass is 273 g/mol. The van der Waals surface area contributed by atoms with Crippen molar-refractivity contribution in [2.24, 2.45) is 0 Å². The summed E-state index contributed by atoms with van der Waals surface area (Å²) < 4.78 is 2.07. The van der Waals surface area contributed by atoms with Crippen LogP contribution in [0.15, 0.2) is 30.3 Å². The number of nitriles is 1. The van der Waals surface area contributed by atoms with Crippen LogP contribution >= 0.6 is 11.6 Å². The molecular formula is C15H16ClN3. The third kappa shape index (κ3) is 2.97. The van der Waals surface area contributed by atoms with Crippen LogP contribution in [0.1, 0.15) is 25.5 Å². The average Bonchev–Trinajstić information content (AvgIpc) is 2.75. The minimum atomic E-state index is 0.294. The van der Waals surface area contributed by atoms with Gasteiger partial charge in [0.15, 0.2) is 5.15 Å². The number of nitrogens with zero attached hydrogens (tertiary/aromatic N) is 3. The van der Waals surface area contributed by atoms with Crippen LogP contribution in [-0.4, -0.2) is 9.55 Å². The zero-order chi connectivity index (χ0) is 13.7. The molecule has 0 aliphatic heterocycles. The Balaban J connectivity index is 2.48. The van der Waals surface area contributed by atoms with E-state index in [1.807, 2.05) is 30.3 Å². The average molecular weight is 274 g/mol. The van der Waals surface area contributed by atoms with Gasteiger partial charge in [-0.2, -0.15) is 5.26 Å². The molecule has 4 heteroatoms. The van der Waals surface area contributed by atoms with Crippen LogP contribution < -0.4 is 0 Å². The van der Waals surface area contributed by atoms with Gasteiger partial charge in [0.05, 0.1) is 18.2 Å². The zero-order valence-corrected chi connectivity index (χ0v) is 11.7. The molecule has 0 unspecified atom stereocenters. The summed E-state index contributed by atoms with van der Waals surface area (Å²) in [6, 6.07) is 12.1. The minimum absolute atomic E-state index is 0.294. The van der Waals surface area contributed by atoms with E-state index in [1.54, 1.807) is 0 Å². The Hall–Kier alpha value is -1.79. The van der Waals surface area contributed by atoms with E-state index in [0.717, 1.165) is 36.5 Å². The van der Waals surface area contributed by atoms with Crippen molar-refractivity contribution >= 4 is 11.6 Å². The lowest BCUT2D eigenvalue weighted by atomic mass is 10.2. The molecule has 0 saturated carbocycles. The van der Waals surface area contributed by atoms with Crippen LogP contribution in [0.5, 0.6) is 0 Å². The molecule has 98 valence electrons. The summed E-state index contributed by atoms with van der Waals surface area (Å²) in [5.41, 5.74) is 1.85. The highest BCUT2D eigenvalue weighted by Gasteiger charge is 2.16. The number of benzene rings is 1. The first-order valence-corrected chi connectivity index (χ1v) is 6.83. The second-order valence-electron chi connectivity index (χ2n) is 4.38. The standard InChI is InChI=1S/C15H16ClN3/c1-2-3-11-19-13(9-10-17)14(16)18-15(19)12-7-5-4-6-8-12/h4-8H,2-3,9,11H2,1H3.